The summed E-state index contributed by atoms with van der Waals surface area (Å²) in [5.41, 5.74) is 9.33. The topological polar surface area (TPSA) is 133 Å². The minimum atomic E-state index is -2.68. The molecule has 0 saturated heterocycles. The molecule has 6 heteroatoms. The van der Waals surface area contributed by atoms with E-state index in [1.54, 1.807) is 0 Å². The molecule has 0 spiro atoms. The molecule has 0 bridgehead atoms. The van der Waals surface area contributed by atoms with Gasteiger partial charge in [0.2, 0.25) is 0 Å². The molecule has 0 aromatic heterocycles. The second-order valence-corrected chi connectivity index (χ2v) is 1.49. The van der Waals surface area contributed by atoms with E-state index in [9.17, 15) is 0 Å². The fourth-order valence-corrected chi connectivity index (χ4v) is 0. The Balaban J connectivity index is 0. The summed E-state index contributed by atoms with van der Waals surface area (Å²) < 4.78 is 0. The summed E-state index contributed by atoms with van der Waals surface area (Å²) in [4.78, 5) is 0. The van der Waals surface area contributed by atoms with E-state index >= 15 is 0 Å². The fourth-order valence-electron chi connectivity index (χ4n) is 0. The first-order valence-corrected chi connectivity index (χ1v) is 2.66. The average molecular weight is 154 g/mol. The lowest BCUT2D eigenvalue weighted by molar-refractivity contribution is -0.302. The van der Waals surface area contributed by atoms with Crippen LogP contribution in [0.15, 0.2) is 0 Å². The van der Waals surface area contributed by atoms with Crippen LogP contribution in [0.1, 0.15) is 0 Å². The van der Waals surface area contributed by atoms with Gasteiger partial charge >= 0.3 is 0 Å². The predicted octanol–water partition coefficient (Wildman–Crippen LogP) is -3.49. The molecule has 0 aliphatic heterocycles. The number of hydrogen-bond donors (Lipinski definition) is 6. The Hall–Kier alpha value is -0.240. The largest absolute Gasteiger partial charge is 0.395 e. The van der Waals surface area contributed by atoms with Crippen LogP contribution in [0.25, 0.3) is 0 Å². The summed E-state index contributed by atoms with van der Waals surface area (Å²) in [6.45, 7) is -0.0903. The quantitative estimate of drug-likeness (QED) is 0.229. The van der Waals surface area contributed by atoms with Crippen molar-refractivity contribution in [1.82, 2.24) is 0 Å². The van der Waals surface area contributed by atoms with Crippen molar-refractivity contribution in [2.24, 2.45) is 11.5 Å². The highest BCUT2D eigenvalue weighted by molar-refractivity contribution is 4.41. The van der Waals surface area contributed by atoms with Crippen molar-refractivity contribution in [3.05, 3.63) is 0 Å². The zero-order chi connectivity index (χ0) is 8.62. The zero-order valence-corrected chi connectivity index (χ0v) is 5.56. The second kappa shape index (κ2) is 6.87. The Labute approximate surface area is 58.7 Å². The van der Waals surface area contributed by atoms with Crippen molar-refractivity contribution in [2.75, 3.05) is 19.7 Å². The van der Waals surface area contributed by atoms with Gasteiger partial charge in [-0.1, -0.05) is 0 Å². The Morgan fingerprint density at radius 1 is 1.10 bits per heavy atom. The van der Waals surface area contributed by atoms with Gasteiger partial charge < -0.3 is 31.9 Å². The summed E-state index contributed by atoms with van der Waals surface area (Å²) in [5.74, 6) is -2.68. The predicted molar refractivity (Wildman–Crippen MR) is 34.6 cm³/mol. The van der Waals surface area contributed by atoms with E-state index in [0.29, 0.717) is 6.54 Å². The molecule has 0 radical (unpaired) electrons. The van der Waals surface area contributed by atoms with E-state index in [1.807, 2.05) is 0 Å². The lowest BCUT2D eigenvalue weighted by Gasteiger charge is -2.07. The van der Waals surface area contributed by atoms with Gasteiger partial charge in [0.1, 0.15) is 0 Å². The van der Waals surface area contributed by atoms with Crippen LogP contribution in [0.4, 0.5) is 0 Å². The highest BCUT2D eigenvalue weighted by Gasteiger charge is 2.12. The van der Waals surface area contributed by atoms with Gasteiger partial charge in [-0.05, 0) is 0 Å². The molecule has 8 N–H and O–H groups in total. The van der Waals surface area contributed by atoms with E-state index in [0.717, 1.165) is 0 Å². The number of aliphatic hydroxyl groups excluding tert-OH is 1. The van der Waals surface area contributed by atoms with E-state index in [1.165, 1.54) is 0 Å². The molecule has 6 nitrogen and oxygen atoms in total. The monoisotopic (exact) mass is 154 g/mol. The van der Waals surface area contributed by atoms with Gasteiger partial charge in [-0.3, -0.25) is 0 Å². The van der Waals surface area contributed by atoms with Crippen LogP contribution in [-0.4, -0.2) is 46.1 Å². The molecule has 64 valence electrons. The molecule has 0 aromatic carbocycles. The number of hydrogen-bond acceptors (Lipinski definition) is 6. The number of nitrogens with two attached hydrogens (primary N) is 2. The molecule has 0 atom stereocenters. The highest BCUT2D eigenvalue weighted by atomic mass is 16.7. The highest BCUT2D eigenvalue weighted by Crippen LogP contribution is 1.82. The summed E-state index contributed by atoms with van der Waals surface area (Å²) in [5, 5.41) is 31.2. The Morgan fingerprint density at radius 2 is 1.30 bits per heavy atom. The van der Waals surface area contributed by atoms with Gasteiger partial charge in [-0.25, -0.2) is 0 Å². The molecule has 10 heavy (non-hydrogen) atoms. The summed E-state index contributed by atoms with van der Waals surface area (Å²) in [7, 11) is 0. The van der Waals surface area contributed by atoms with E-state index in [4.69, 9.17) is 26.2 Å². The average Bonchev–Trinajstić information content (AvgIpc) is 1.87. The number of rotatable bonds is 2. The van der Waals surface area contributed by atoms with Gasteiger partial charge in [-0.15, -0.1) is 0 Å². The standard InChI is InChI=1S/C2H7NO3.C2H7NO/c3-1-2(4,5)6;3-1-2-4/h4-6H,1,3H2;4H,1-3H2. The summed E-state index contributed by atoms with van der Waals surface area (Å²) in [6.07, 6.45) is 0. The van der Waals surface area contributed by atoms with E-state index in [2.05, 4.69) is 5.73 Å². The third-order valence-corrected chi connectivity index (χ3v) is 0.403. The minimum Gasteiger partial charge on any atom is -0.395 e. The molecule has 0 saturated carbocycles. The Kier molecular flexibility index (Phi) is 8.55. The van der Waals surface area contributed by atoms with Crippen molar-refractivity contribution in [2.45, 2.75) is 5.97 Å². The third kappa shape index (κ3) is 25.1. The van der Waals surface area contributed by atoms with Crippen molar-refractivity contribution >= 4 is 0 Å². The maximum atomic E-state index is 7.81. The van der Waals surface area contributed by atoms with Crippen molar-refractivity contribution < 1.29 is 20.4 Å². The summed E-state index contributed by atoms with van der Waals surface area (Å²) in [6, 6.07) is 0. The Bertz CT molecular complexity index is 60.8. The van der Waals surface area contributed by atoms with Gasteiger partial charge in [-0.2, -0.15) is 0 Å². The Morgan fingerprint density at radius 3 is 1.30 bits per heavy atom. The minimum absolute atomic E-state index is 0.0972. The molecular weight excluding hydrogens is 140 g/mol. The first-order chi connectivity index (χ1) is 4.47. The van der Waals surface area contributed by atoms with E-state index in [-0.39, 0.29) is 6.61 Å². The lowest BCUT2D eigenvalue weighted by Crippen LogP contribution is -2.36. The first-order valence-electron chi connectivity index (χ1n) is 2.66. The molecule has 0 heterocycles. The maximum absolute atomic E-state index is 7.81. The molecule has 0 aliphatic rings. The molecule has 0 aliphatic carbocycles. The fraction of sp³-hybridized carbons (Fsp3) is 1.00. The maximum Gasteiger partial charge on any atom is 0.288 e. The molecule has 0 unspecified atom stereocenters. The molecule has 0 rings (SSSR count). The van der Waals surface area contributed by atoms with Gasteiger partial charge in [0.05, 0.1) is 13.2 Å². The second-order valence-electron chi connectivity index (χ2n) is 1.49. The van der Waals surface area contributed by atoms with E-state index < -0.39 is 12.5 Å². The van der Waals surface area contributed by atoms with Crippen LogP contribution in [-0.2, 0) is 0 Å². The smallest absolute Gasteiger partial charge is 0.288 e. The zero-order valence-electron chi connectivity index (χ0n) is 5.56. The molecule has 0 amide bonds. The molecular formula is C4H14N2O4. The van der Waals surface area contributed by atoms with Crippen LogP contribution in [0, 0.1) is 0 Å². The van der Waals surface area contributed by atoms with Gasteiger partial charge in [0, 0.05) is 6.54 Å². The van der Waals surface area contributed by atoms with Crippen LogP contribution in [0.5, 0.6) is 0 Å². The van der Waals surface area contributed by atoms with Gasteiger partial charge in [0.15, 0.2) is 0 Å². The lowest BCUT2D eigenvalue weighted by atomic mass is 10.6. The van der Waals surface area contributed by atoms with Crippen LogP contribution in [0.2, 0.25) is 0 Å². The third-order valence-electron chi connectivity index (χ3n) is 0.403. The van der Waals surface area contributed by atoms with Crippen LogP contribution in [0.3, 0.4) is 0 Å². The van der Waals surface area contributed by atoms with Crippen molar-refractivity contribution in [3.63, 3.8) is 0 Å². The SMILES string of the molecule is NCC(O)(O)O.NCCO. The van der Waals surface area contributed by atoms with Crippen LogP contribution >= 0.6 is 0 Å². The number of aliphatic hydroxyl groups is 4. The first kappa shape index (κ1) is 12.4. The molecule has 0 aromatic rings. The summed E-state index contributed by atoms with van der Waals surface area (Å²) >= 11 is 0. The van der Waals surface area contributed by atoms with Gasteiger partial charge in [0.25, 0.3) is 5.97 Å². The molecule has 0 fully saturated rings. The van der Waals surface area contributed by atoms with Crippen LogP contribution < -0.4 is 11.5 Å². The normalized spacial score (nSPS) is 10.2. The van der Waals surface area contributed by atoms with Crippen molar-refractivity contribution in [3.8, 4) is 0 Å². The van der Waals surface area contributed by atoms with Crippen molar-refractivity contribution in [1.29, 1.82) is 0 Å².